The van der Waals surface area contributed by atoms with Crippen molar-refractivity contribution in [1.29, 1.82) is 0 Å². The number of hydrogen-bond donors (Lipinski definition) is 2. The van der Waals surface area contributed by atoms with Crippen LogP contribution in [0.4, 0.5) is 0 Å². The molecule has 0 fully saturated rings. The van der Waals surface area contributed by atoms with Crippen molar-refractivity contribution >= 4 is 29.9 Å². The van der Waals surface area contributed by atoms with Crippen LogP contribution in [0, 0.1) is 0 Å². The van der Waals surface area contributed by atoms with Gasteiger partial charge >= 0.3 is 0 Å². The molecule has 0 amide bonds. The topological polar surface area (TPSA) is 82.9 Å². The van der Waals surface area contributed by atoms with Gasteiger partial charge in [0, 0.05) is 6.61 Å². The fourth-order valence-corrected chi connectivity index (χ4v) is 0.669. The van der Waals surface area contributed by atoms with Crippen LogP contribution in [0.5, 0.6) is 0 Å². The van der Waals surface area contributed by atoms with E-state index in [1.54, 1.807) is 6.92 Å². The second-order valence-electron chi connectivity index (χ2n) is 2.22. The summed E-state index contributed by atoms with van der Waals surface area (Å²) in [6.07, 6.45) is -0.296. The van der Waals surface area contributed by atoms with Gasteiger partial charge in [0.05, 0.1) is 13.2 Å². The molecular formula is C7H18IN3O2. The van der Waals surface area contributed by atoms with Crippen molar-refractivity contribution < 1.29 is 9.47 Å². The van der Waals surface area contributed by atoms with Crippen LogP contribution in [0.3, 0.4) is 0 Å². The molecule has 0 aromatic carbocycles. The van der Waals surface area contributed by atoms with E-state index < -0.39 is 0 Å². The minimum absolute atomic E-state index is 0. The van der Waals surface area contributed by atoms with Gasteiger partial charge in [-0.2, -0.15) is 0 Å². The third-order valence-corrected chi connectivity index (χ3v) is 1.12. The summed E-state index contributed by atoms with van der Waals surface area (Å²) >= 11 is 0. The van der Waals surface area contributed by atoms with Crippen LogP contribution < -0.4 is 11.5 Å². The zero-order valence-corrected chi connectivity index (χ0v) is 10.4. The largest absolute Gasteiger partial charge is 0.379 e. The molecular weight excluding hydrogens is 285 g/mol. The van der Waals surface area contributed by atoms with Gasteiger partial charge < -0.3 is 20.9 Å². The van der Waals surface area contributed by atoms with Crippen LogP contribution >= 0.6 is 24.0 Å². The van der Waals surface area contributed by atoms with Gasteiger partial charge in [-0.1, -0.05) is 0 Å². The molecule has 0 aliphatic carbocycles. The minimum Gasteiger partial charge on any atom is -0.379 e. The first-order chi connectivity index (χ1) is 5.66. The van der Waals surface area contributed by atoms with E-state index in [4.69, 9.17) is 20.9 Å². The van der Waals surface area contributed by atoms with Gasteiger partial charge in [-0.25, -0.2) is 4.99 Å². The molecule has 0 rings (SSSR count). The van der Waals surface area contributed by atoms with E-state index in [-0.39, 0.29) is 36.2 Å². The lowest BCUT2D eigenvalue weighted by atomic mass is 10.6. The molecule has 0 radical (unpaired) electrons. The maximum atomic E-state index is 5.18. The number of ether oxygens (including phenoxy) is 2. The lowest BCUT2D eigenvalue weighted by molar-refractivity contribution is 0.0192. The summed E-state index contributed by atoms with van der Waals surface area (Å²) in [6.45, 7) is 5.47. The van der Waals surface area contributed by atoms with Gasteiger partial charge in [0.25, 0.3) is 0 Å². The van der Waals surface area contributed by atoms with Crippen LogP contribution in [-0.4, -0.2) is 32.0 Å². The molecule has 0 aliphatic rings. The number of nitrogens with zero attached hydrogens (tertiary/aromatic N) is 1. The molecule has 0 heterocycles. The molecule has 6 heteroatoms. The molecule has 0 saturated carbocycles. The summed E-state index contributed by atoms with van der Waals surface area (Å²) in [4.78, 5) is 3.77. The highest BCUT2D eigenvalue weighted by atomic mass is 127. The lowest BCUT2D eigenvalue weighted by Crippen LogP contribution is -2.26. The Morgan fingerprint density at radius 2 is 2.00 bits per heavy atom. The van der Waals surface area contributed by atoms with Crippen molar-refractivity contribution in [3.8, 4) is 0 Å². The van der Waals surface area contributed by atoms with Crippen LogP contribution in [0.25, 0.3) is 0 Å². The maximum absolute atomic E-state index is 5.18. The maximum Gasteiger partial charge on any atom is 0.188 e. The molecule has 0 aliphatic heterocycles. The Kier molecular flexibility index (Phi) is 11.8. The Hall–Kier alpha value is -0.0800. The van der Waals surface area contributed by atoms with E-state index in [1.165, 1.54) is 0 Å². The van der Waals surface area contributed by atoms with Gasteiger partial charge in [-0.15, -0.1) is 24.0 Å². The van der Waals surface area contributed by atoms with Crippen LogP contribution in [-0.2, 0) is 9.47 Å². The Bertz CT molecular complexity index is 140. The molecule has 80 valence electrons. The van der Waals surface area contributed by atoms with Crippen LogP contribution in [0.2, 0.25) is 0 Å². The molecule has 4 N–H and O–H groups in total. The van der Waals surface area contributed by atoms with Gasteiger partial charge in [-0.05, 0) is 13.8 Å². The molecule has 0 spiro atoms. The average Bonchev–Trinajstić information content (AvgIpc) is 1.97. The molecule has 0 saturated heterocycles. The molecule has 13 heavy (non-hydrogen) atoms. The summed E-state index contributed by atoms with van der Waals surface area (Å²) in [6, 6.07) is 0. The second kappa shape index (κ2) is 10.0. The van der Waals surface area contributed by atoms with E-state index >= 15 is 0 Å². The molecule has 5 nitrogen and oxygen atoms in total. The Morgan fingerprint density at radius 1 is 1.38 bits per heavy atom. The minimum atomic E-state index is -0.296. The number of halogens is 1. The number of guanidine groups is 1. The highest BCUT2D eigenvalue weighted by Crippen LogP contribution is 1.91. The van der Waals surface area contributed by atoms with Crippen molar-refractivity contribution in [3.63, 3.8) is 0 Å². The third kappa shape index (κ3) is 11.9. The van der Waals surface area contributed by atoms with Crippen molar-refractivity contribution in [1.82, 2.24) is 0 Å². The van der Waals surface area contributed by atoms with Gasteiger partial charge in [0.2, 0.25) is 0 Å². The van der Waals surface area contributed by atoms with Crippen LogP contribution in [0.1, 0.15) is 13.8 Å². The molecule has 0 aromatic rings. The second-order valence-corrected chi connectivity index (χ2v) is 2.22. The van der Waals surface area contributed by atoms with E-state index in [0.717, 1.165) is 0 Å². The molecule has 0 bridgehead atoms. The highest BCUT2D eigenvalue weighted by Gasteiger charge is 1.97. The zero-order chi connectivity index (χ0) is 9.40. The summed E-state index contributed by atoms with van der Waals surface area (Å²) < 4.78 is 10.2. The summed E-state index contributed by atoms with van der Waals surface area (Å²) in [5.41, 5.74) is 10.3. The van der Waals surface area contributed by atoms with Crippen molar-refractivity contribution in [2.75, 3.05) is 19.8 Å². The molecule has 0 aromatic heterocycles. The van der Waals surface area contributed by atoms with E-state index in [0.29, 0.717) is 19.8 Å². The first kappa shape index (κ1) is 15.4. The van der Waals surface area contributed by atoms with Crippen molar-refractivity contribution in [2.24, 2.45) is 16.5 Å². The van der Waals surface area contributed by atoms with E-state index in [1.807, 2.05) is 6.92 Å². The van der Waals surface area contributed by atoms with E-state index in [2.05, 4.69) is 4.99 Å². The zero-order valence-electron chi connectivity index (χ0n) is 8.03. The Balaban J connectivity index is 0. The summed E-state index contributed by atoms with van der Waals surface area (Å²) in [5.74, 6) is 0.0407. The predicted molar refractivity (Wildman–Crippen MR) is 63.1 cm³/mol. The normalized spacial score (nSPS) is 11.5. The van der Waals surface area contributed by atoms with Crippen molar-refractivity contribution in [2.45, 2.75) is 20.1 Å². The van der Waals surface area contributed by atoms with Gasteiger partial charge in [-0.3, -0.25) is 0 Å². The number of nitrogens with two attached hydrogens (primary N) is 2. The average molecular weight is 303 g/mol. The quantitative estimate of drug-likeness (QED) is 0.319. The fraction of sp³-hybridized carbons (Fsp3) is 0.857. The van der Waals surface area contributed by atoms with Gasteiger partial charge in [0.15, 0.2) is 5.96 Å². The fourth-order valence-electron chi connectivity index (χ4n) is 0.669. The first-order valence-electron chi connectivity index (χ1n) is 3.95. The SMILES string of the molecule is CCOCCOC(C)N=C(N)N.I. The summed E-state index contributed by atoms with van der Waals surface area (Å²) in [5, 5.41) is 0. The number of aliphatic imine (C=N–C) groups is 1. The van der Waals surface area contributed by atoms with Gasteiger partial charge in [0.1, 0.15) is 6.23 Å². The highest BCUT2D eigenvalue weighted by molar-refractivity contribution is 14.0. The molecule has 1 atom stereocenters. The van der Waals surface area contributed by atoms with E-state index in [9.17, 15) is 0 Å². The first-order valence-corrected chi connectivity index (χ1v) is 3.95. The standard InChI is InChI=1S/C7H17N3O2.HI/c1-3-11-4-5-12-6(2)10-7(8)9;/h6H,3-5H2,1-2H3,(H4,8,9,10);1H. The van der Waals surface area contributed by atoms with Crippen molar-refractivity contribution in [3.05, 3.63) is 0 Å². The Morgan fingerprint density at radius 3 is 2.46 bits per heavy atom. The number of hydrogen-bond acceptors (Lipinski definition) is 3. The third-order valence-electron chi connectivity index (χ3n) is 1.12. The van der Waals surface area contributed by atoms with Crippen LogP contribution in [0.15, 0.2) is 4.99 Å². The summed E-state index contributed by atoms with van der Waals surface area (Å²) in [7, 11) is 0. The monoisotopic (exact) mass is 303 g/mol. The predicted octanol–water partition coefficient (Wildman–Crippen LogP) is 0.277. The number of rotatable bonds is 6. The lowest BCUT2D eigenvalue weighted by Gasteiger charge is -2.08. The molecule has 1 unspecified atom stereocenters. The smallest absolute Gasteiger partial charge is 0.188 e. The Labute approximate surface area is 95.9 Å².